The molecule has 0 unspecified atom stereocenters. The van der Waals surface area contributed by atoms with E-state index in [-0.39, 0.29) is 46.1 Å². The van der Waals surface area contributed by atoms with Gasteiger partial charge in [-0.25, -0.2) is 23.3 Å². The van der Waals surface area contributed by atoms with E-state index >= 15 is 0 Å². The smallest absolute Gasteiger partial charge is 0.308 e. The Morgan fingerprint density at radius 2 is 1.97 bits per heavy atom. The van der Waals surface area contributed by atoms with Gasteiger partial charge in [-0.15, -0.1) is 5.10 Å². The highest BCUT2D eigenvalue weighted by molar-refractivity contribution is 6.11. The quantitative estimate of drug-likeness (QED) is 0.446. The van der Waals surface area contributed by atoms with Gasteiger partial charge in [-0.3, -0.25) is 10.2 Å². The van der Waals surface area contributed by atoms with Crippen LogP contribution in [0.5, 0.6) is 0 Å². The average molecular weight is 441 g/mol. The van der Waals surface area contributed by atoms with Crippen molar-refractivity contribution in [1.82, 2.24) is 19.6 Å². The van der Waals surface area contributed by atoms with Crippen LogP contribution in [0.3, 0.4) is 0 Å². The number of pyridine rings is 1. The molecule has 0 saturated heterocycles. The fraction of sp³-hybridized carbons (Fsp3) is 0.381. The minimum Gasteiger partial charge on any atom is -0.481 e. The number of nitrogens with zero attached hydrogens (tertiary/aromatic N) is 4. The SMILES string of the molecule is N=C(c1nc(N[C@H]2C3CCC(CC3)[C@@H]2C(=O)O)c2c(F)ccn2n1)c1cc(F)cnc1N. The zero-order valence-electron chi connectivity index (χ0n) is 16.9. The summed E-state index contributed by atoms with van der Waals surface area (Å²) in [6, 6.07) is 1.85. The third-order valence-corrected chi connectivity index (χ3v) is 6.65. The van der Waals surface area contributed by atoms with E-state index in [2.05, 4.69) is 20.4 Å². The number of hydrogen-bond acceptors (Lipinski definition) is 7. The van der Waals surface area contributed by atoms with Crippen LogP contribution in [0.2, 0.25) is 0 Å². The standard InChI is InChI=1S/C21H21F2N7O2/c22-11-7-12(18(25)26-8-11)15(24)19-28-20(17-13(23)5-6-30(17)29-19)27-16-10-3-1-9(2-4-10)14(16)21(31)32/h5-10,14,16,24H,1-4H2,(H2,25,26)(H,31,32)(H,27,28,29)/t9?,10?,14-,16-/m0/s1. The van der Waals surface area contributed by atoms with Gasteiger partial charge in [-0.2, -0.15) is 0 Å². The van der Waals surface area contributed by atoms with Gasteiger partial charge in [0.2, 0.25) is 5.82 Å². The molecule has 9 nitrogen and oxygen atoms in total. The van der Waals surface area contributed by atoms with Gasteiger partial charge in [-0.05, 0) is 49.7 Å². The summed E-state index contributed by atoms with van der Waals surface area (Å²) in [5.41, 5.74) is 5.57. The summed E-state index contributed by atoms with van der Waals surface area (Å²) in [5, 5.41) is 25.7. The number of rotatable bonds is 5. The Morgan fingerprint density at radius 1 is 1.25 bits per heavy atom. The highest BCUT2D eigenvalue weighted by atomic mass is 19.1. The highest BCUT2D eigenvalue weighted by Gasteiger charge is 2.47. The number of carboxylic acid groups (broad SMARTS) is 1. The Labute approximate surface area is 181 Å². The molecule has 3 heterocycles. The summed E-state index contributed by atoms with van der Waals surface area (Å²) in [6.07, 6.45) is 5.83. The summed E-state index contributed by atoms with van der Waals surface area (Å²) in [4.78, 5) is 20.1. The Hall–Kier alpha value is -3.63. The normalized spacial score (nSPS) is 24.6. The van der Waals surface area contributed by atoms with E-state index in [1.807, 2.05) is 0 Å². The molecule has 0 aliphatic heterocycles. The number of carbonyl (C=O) groups is 1. The summed E-state index contributed by atoms with van der Waals surface area (Å²) < 4.78 is 29.5. The first kappa shape index (κ1) is 20.3. The first-order chi connectivity index (χ1) is 15.3. The molecule has 3 fully saturated rings. The Morgan fingerprint density at radius 3 is 2.69 bits per heavy atom. The number of aromatic nitrogens is 4. The molecule has 3 aliphatic rings. The second-order valence-electron chi connectivity index (χ2n) is 8.41. The van der Waals surface area contributed by atoms with Gasteiger partial charge in [0.05, 0.1) is 12.1 Å². The molecule has 0 radical (unpaired) electrons. The number of anilines is 2. The number of carboxylic acids is 1. The molecule has 5 N–H and O–H groups in total. The Bertz CT molecular complexity index is 1240. The maximum Gasteiger partial charge on any atom is 0.308 e. The maximum atomic E-state index is 14.6. The molecule has 2 atom stereocenters. The Kier molecular flexibility index (Phi) is 4.75. The van der Waals surface area contributed by atoms with Crippen molar-refractivity contribution in [2.45, 2.75) is 31.7 Å². The van der Waals surface area contributed by atoms with Crippen molar-refractivity contribution in [1.29, 1.82) is 5.41 Å². The average Bonchev–Trinajstić information content (AvgIpc) is 3.16. The van der Waals surface area contributed by atoms with Gasteiger partial charge < -0.3 is 16.2 Å². The highest BCUT2D eigenvalue weighted by Crippen LogP contribution is 2.46. The van der Waals surface area contributed by atoms with E-state index in [1.54, 1.807) is 0 Å². The monoisotopic (exact) mass is 441 g/mol. The van der Waals surface area contributed by atoms with Gasteiger partial charge in [0.15, 0.2) is 11.6 Å². The number of fused-ring (bicyclic) bond motifs is 4. The van der Waals surface area contributed by atoms with E-state index in [9.17, 15) is 18.7 Å². The van der Waals surface area contributed by atoms with Crippen molar-refractivity contribution >= 4 is 28.8 Å². The zero-order chi connectivity index (χ0) is 22.6. The van der Waals surface area contributed by atoms with E-state index in [0.29, 0.717) is 0 Å². The van der Waals surface area contributed by atoms with E-state index in [4.69, 9.17) is 11.1 Å². The van der Waals surface area contributed by atoms with Crippen molar-refractivity contribution in [2.24, 2.45) is 17.8 Å². The fourth-order valence-electron chi connectivity index (χ4n) is 5.13. The van der Waals surface area contributed by atoms with E-state index in [1.165, 1.54) is 16.8 Å². The van der Waals surface area contributed by atoms with Crippen LogP contribution in [0.1, 0.15) is 37.1 Å². The number of nitrogen functional groups attached to an aromatic ring is 1. The minimum atomic E-state index is -0.885. The largest absolute Gasteiger partial charge is 0.481 e. The zero-order valence-corrected chi connectivity index (χ0v) is 16.9. The van der Waals surface area contributed by atoms with Gasteiger partial charge in [0.25, 0.3) is 0 Å². The van der Waals surface area contributed by atoms with Gasteiger partial charge >= 0.3 is 5.97 Å². The second-order valence-corrected chi connectivity index (χ2v) is 8.41. The first-order valence-corrected chi connectivity index (χ1v) is 10.4. The first-order valence-electron chi connectivity index (χ1n) is 10.4. The molecular weight excluding hydrogens is 420 g/mol. The lowest BCUT2D eigenvalue weighted by atomic mass is 9.61. The van der Waals surface area contributed by atoms with Crippen LogP contribution >= 0.6 is 0 Å². The lowest BCUT2D eigenvalue weighted by Crippen LogP contribution is -2.51. The molecule has 0 amide bonds. The van der Waals surface area contributed by atoms with Crippen LogP contribution in [-0.2, 0) is 4.79 Å². The van der Waals surface area contributed by atoms with Crippen LogP contribution in [0.25, 0.3) is 5.52 Å². The van der Waals surface area contributed by atoms with Crippen molar-refractivity contribution in [3.8, 4) is 0 Å². The molecule has 3 aromatic heterocycles. The number of halogens is 2. The van der Waals surface area contributed by atoms with Crippen LogP contribution in [0, 0.1) is 34.8 Å². The van der Waals surface area contributed by atoms with Gasteiger partial charge in [0.1, 0.15) is 22.9 Å². The predicted molar refractivity (Wildman–Crippen MR) is 111 cm³/mol. The van der Waals surface area contributed by atoms with Crippen LogP contribution < -0.4 is 11.1 Å². The lowest BCUT2D eigenvalue weighted by molar-refractivity contribution is -0.148. The molecule has 0 spiro atoms. The summed E-state index contributed by atoms with van der Waals surface area (Å²) in [7, 11) is 0. The molecule has 3 saturated carbocycles. The Balaban J connectivity index is 1.58. The molecule has 11 heteroatoms. The molecule has 0 aromatic carbocycles. The molecule has 3 aromatic rings. The number of aliphatic carboxylic acids is 1. The van der Waals surface area contributed by atoms with Crippen molar-refractivity contribution in [2.75, 3.05) is 11.1 Å². The summed E-state index contributed by atoms with van der Waals surface area (Å²) >= 11 is 0. The molecule has 2 bridgehead atoms. The third-order valence-electron chi connectivity index (χ3n) is 6.65. The van der Waals surface area contributed by atoms with Crippen LogP contribution in [-0.4, -0.2) is 42.4 Å². The van der Waals surface area contributed by atoms with Gasteiger partial charge in [0, 0.05) is 17.8 Å². The second kappa shape index (κ2) is 7.50. The molecule has 166 valence electrons. The molecular formula is C21H21F2N7O2. The number of nitrogens with one attached hydrogen (secondary N) is 2. The third kappa shape index (κ3) is 3.24. The number of hydrogen-bond donors (Lipinski definition) is 4. The summed E-state index contributed by atoms with van der Waals surface area (Å²) in [6.45, 7) is 0. The minimum absolute atomic E-state index is 0.00284. The van der Waals surface area contributed by atoms with Crippen molar-refractivity contribution in [3.63, 3.8) is 0 Å². The summed E-state index contributed by atoms with van der Waals surface area (Å²) in [5.74, 6) is -2.66. The molecule has 6 rings (SSSR count). The van der Waals surface area contributed by atoms with E-state index in [0.717, 1.165) is 37.9 Å². The van der Waals surface area contributed by atoms with Gasteiger partial charge in [-0.1, -0.05) is 0 Å². The van der Waals surface area contributed by atoms with Crippen LogP contribution in [0.4, 0.5) is 20.4 Å². The lowest BCUT2D eigenvalue weighted by Gasteiger charge is -2.47. The maximum absolute atomic E-state index is 14.6. The van der Waals surface area contributed by atoms with Crippen molar-refractivity contribution in [3.05, 3.63) is 47.5 Å². The fourth-order valence-corrected chi connectivity index (χ4v) is 5.13. The van der Waals surface area contributed by atoms with Crippen molar-refractivity contribution < 1.29 is 18.7 Å². The molecule has 32 heavy (non-hydrogen) atoms. The number of nitrogens with two attached hydrogens (primary N) is 1. The molecule has 3 aliphatic carbocycles. The van der Waals surface area contributed by atoms with E-state index < -0.39 is 29.6 Å². The topological polar surface area (TPSA) is 142 Å². The van der Waals surface area contributed by atoms with Crippen LogP contribution in [0.15, 0.2) is 24.5 Å². The predicted octanol–water partition coefficient (Wildman–Crippen LogP) is 2.70.